The molecular weight excluding hydrogens is 315 g/mol. The van der Waals surface area contributed by atoms with Crippen LogP contribution in [0.1, 0.15) is 54.8 Å². The van der Waals surface area contributed by atoms with Crippen LogP contribution in [0.15, 0.2) is 42.5 Å². The summed E-state index contributed by atoms with van der Waals surface area (Å²) in [5, 5.41) is 12.6. The Balaban J connectivity index is 1.61. The topological polar surface area (TPSA) is 45.0 Å². The Kier molecular flexibility index (Phi) is 5.35. The summed E-state index contributed by atoms with van der Waals surface area (Å²) in [6, 6.07) is 15.7. The molecule has 1 aliphatic rings. The van der Waals surface area contributed by atoms with Crippen LogP contribution in [-0.4, -0.2) is 13.2 Å². The van der Waals surface area contributed by atoms with Gasteiger partial charge in [-0.3, -0.25) is 0 Å². The Morgan fingerprint density at radius 2 is 1.96 bits per heavy atom. The number of methoxy groups -OCH3 is 1. The molecule has 4 heteroatoms. The van der Waals surface area contributed by atoms with Crippen molar-refractivity contribution in [3.63, 3.8) is 0 Å². The van der Waals surface area contributed by atoms with E-state index in [9.17, 15) is 4.39 Å². The number of halogens is 1. The molecule has 130 valence electrons. The van der Waals surface area contributed by atoms with Gasteiger partial charge < -0.3 is 10.1 Å². The van der Waals surface area contributed by atoms with Gasteiger partial charge in [-0.1, -0.05) is 18.2 Å². The van der Waals surface area contributed by atoms with Gasteiger partial charge in [-0.2, -0.15) is 5.26 Å². The molecule has 3 nitrogen and oxygen atoms in total. The Bertz CT molecular complexity index is 766. The minimum atomic E-state index is -0.333. The van der Waals surface area contributed by atoms with Gasteiger partial charge >= 0.3 is 0 Å². The van der Waals surface area contributed by atoms with Crippen LogP contribution in [0.4, 0.5) is 4.39 Å². The molecule has 0 heterocycles. The van der Waals surface area contributed by atoms with E-state index in [0.717, 1.165) is 24.8 Å². The second-order valence-corrected chi connectivity index (χ2v) is 6.72. The molecule has 0 saturated heterocycles. The lowest BCUT2D eigenvalue weighted by Gasteiger charge is -2.21. The standard InChI is InChI=1S/C21H23FN2O/c1-14(17-8-10-20(22)21(12-17)25-2)24-19-9-7-18(11-19)16-5-3-15(13-23)4-6-16/h3-6,8,10,12,14,18-19,24H,7,9,11H2,1-2H3. The van der Waals surface area contributed by atoms with Gasteiger partial charge in [0.2, 0.25) is 0 Å². The first-order chi connectivity index (χ1) is 12.1. The van der Waals surface area contributed by atoms with E-state index in [1.807, 2.05) is 18.2 Å². The number of rotatable bonds is 5. The molecule has 1 fully saturated rings. The first-order valence-electron chi connectivity index (χ1n) is 8.70. The lowest BCUT2D eigenvalue weighted by Crippen LogP contribution is -2.29. The summed E-state index contributed by atoms with van der Waals surface area (Å²) in [6.07, 6.45) is 3.34. The van der Waals surface area contributed by atoms with E-state index in [1.54, 1.807) is 6.07 Å². The van der Waals surface area contributed by atoms with Gasteiger partial charge in [0.1, 0.15) is 0 Å². The number of nitrogens with zero attached hydrogens (tertiary/aromatic N) is 1. The summed E-state index contributed by atoms with van der Waals surface area (Å²) in [5.41, 5.74) is 3.04. The van der Waals surface area contributed by atoms with Crippen molar-refractivity contribution in [3.05, 3.63) is 65.0 Å². The number of hydrogen-bond acceptors (Lipinski definition) is 3. The third-order valence-corrected chi connectivity index (χ3v) is 5.10. The predicted octanol–water partition coefficient (Wildman–Crippen LogP) is 4.69. The van der Waals surface area contributed by atoms with Crippen molar-refractivity contribution in [3.8, 4) is 11.8 Å². The van der Waals surface area contributed by atoms with Crippen molar-refractivity contribution < 1.29 is 9.13 Å². The van der Waals surface area contributed by atoms with Crippen LogP contribution in [0, 0.1) is 17.1 Å². The lowest BCUT2D eigenvalue weighted by molar-refractivity contribution is 0.384. The van der Waals surface area contributed by atoms with Crippen LogP contribution in [0.25, 0.3) is 0 Å². The Labute approximate surface area is 148 Å². The van der Waals surface area contributed by atoms with Gasteiger partial charge in [0.05, 0.1) is 18.7 Å². The van der Waals surface area contributed by atoms with E-state index < -0.39 is 0 Å². The highest BCUT2D eigenvalue weighted by molar-refractivity contribution is 5.34. The molecule has 3 unspecified atom stereocenters. The van der Waals surface area contributed by atoms with Crippen molar-refractivity contribution in [2.24, 2.45) is 0 Å². The van der Waals surface area contributed by atoms with E-state index in [0.29, 0.717) is 17.5 Å². The average molecular weight is 338 g/mol. The zero-order chi connectivity index (χ0) is 17.8. The normalized spacial score (nSPS) is 20.9. The summed E-state index contributed by atoms with van der Waals surface area (Å²) in [7, 11) is 1.49. The van der Waals surface area contributed by atoms with Crippen molar-refractivity contribution >= 4 is 0 Å². The summed E-state index contributed by atoms with van der Waals surface area (Å²) in [4.78, 5) is 0. The number of benzene rings is 2. The molecule has 1 saturated carbocycles. The summed E-state index contributed by atoms with van der Waals surface area (Å²) >= 11 is 0. The fraction of sp³-hybridized carbons (Fsp3) is 0.381. The smallest absolute Gasteiger partial charge is 0.165 e. The Morgan fingerprint density at radius 3 is 2.64 bits per heavy atom. The summed E-state index contributed by atoms with van der Waals surface area (Å²) in [5.74, 6) is 0.480. The lowest BCUT2D eigenvalue weighted by atomic mass is 9.96. The fourth-order valence-electron chi connectivity index (χ4n) is 3.66. The molecular formula is C21H23FN2O. The predicted molar refractivity (Wildman–Crippen MR) is 96.0 cm³/mol. The van der Waals surface area contributed by atoms with Gasteiger partial charge in [-0.15, -0.1) is 0 Å². The molecule has 1 N–H and O–H groups in total. The maximum Gasteiger partial charge on any atom is 0.165 e. The molecule has 0 bridgehead atoms. The number of hydrogen-bond donors (Lipinski definition) is 1. The van der Waals surface area contributed by atoms with Crippen LogP contribution in [-0.2, 0) is 0 Å². The van der Waals surface area contributed by atoms with E-state index in [4.69, 9.17) is 10.00 Å². The molecule has 1 aliphatic carbocycles. The zero-order valence-electron chi connectivity index (χ0n) is 14.6. The third kappa shape index (κ3) is 4.00. The van der Waals surface area contributed by atoms with Crippen molar-refractivity contribution in [1.29, 1.82) is 5.26 Å². The quantitative estimate of drug-likeness (QED) is 0.860. The first-order valence-corrected chi connectivity index (χ1v) is 8.70. The van der Waals surface area contributed by atoms with Crippen LogP contribution < -0.4 is 10.1 Å². The molecule has 3 rings (SSSR count). The van der Waals surface area contributed by atoms with Gasteiger partial charge in [0, 0.05) is 12.1 Å². The van der Waals surface area contributed by atoms with Gasteiger partial charge in [0.25, 0.3) is 0 Å². The van der Waals surface area contributed by atoms with E-state index in [1.165, 1.54) is 18.7 Å². The largest absolute Gasteiger partial charge is 0.494 e. The Morgan fingerprint density at radius 1 is 1.20 bits per heavy atom. The van der Waals surface area contributed by atoms with E-state index >= 15 is 0 Å². The number of nitrogens with one attached hydrogen (secondary N) is 1. The zero-order valence-corrected chi connectivity index (χ0v) is 14.6. The minimum absolute atomic E-state index is 0.138. The highest BCUT2D eigenvalue weighted by atomic mass is 19.1. The monoisotopic (exact) mass is 338 g/mol. The van der Waals surface area contributed by atoms with Crippen molar-refractivity contribution in [2.75, 3.05) is 7.11 Å². The minimum Gasteiger partial charge on any atom is -0.494 e. The second-order valence-electron chi connectivity index (χ2n) is 6.72. The average Bonchev–Trinajstić information content (AvgIpc) is 3.10. The second kappa shape index (κ2) is 7.67. The number of ether oxygens (including phenoxy) is 1. The molecule has 0 radical (unpaired) electrons. The molecule has 0 amide bonds. The van der Waals surface area contributed by atoms with Crippen molar-refractivity contribution in [1.82, 2.24) is 5.32 Å². The van der Waals surface area contributed by atoms with Crippen LogP contribution in [0.3, 0.4) is 0 Å². The molecule has 0 aliphatic heterocycles. The highest BCUT2D eigenvalue weighted by Gasteiger charge is 2.27. The molecule has 0 spiro atoms. The van der Waals surface area contributed by atoms with Crippen molar-refractivity contribution in [2.45, 2.75) is 44.2 Å². The van der Waals surface area contributed by atoms with E-state index in [-0.39, 0.29) is 17.6 Å². The van der Waals surface area contributed by atoms with Crippen LogP contribution in [0.5, 0.6) is 5.75 Å². The highest BCUT2D eigenvalue weighted by Crippen LogP contribution is 2.35. The number of nitriles is 1. The van der Waals surface area contributed by atoms with Crippen LogP contribution >= 0.6 is 0 Å². The maximum absolute atomic E-state index is 13.6. The molecule has 25 heavy (non-hydrogen) atoms. The fourth-order valence-corrected chi connectivity index (χ4v) is 3.66. The molecule has 0 aromatic heterocycles. The SMILES string of the molecule is COc1cc(C(C)NC2CCC(c3ccc(C#N)cc3)C2)ccc1F. The Hall–Kier alpha value is -2.38. The summed E-state index contributed by atoms with van der Waals surface area (Å²) < 4.78 is 18.6. The third-order valence-electron chi connectivity index (χ3n) is 5.10. The van der Waals surface area contributed by atoms with Gasteiger partial charge in [-0.25, -0.2) is 4.39 Å². The first kappa shape index (κ1) is 17.4. The molecule has 2 aromatic carbocycles. The summed E-state index contributed by atoms with van der Waals surface area (Å²) in [6.45, 7) is 2.10. The molecule has 3 atom stereocenters. The molecule has 2 aromatic rings. The van der Waals surface area contributed by atoms with Gasteiger partial charge in [0.15, 0.2) is 11.6 Å². The van der Waals surface area contributed by atoms with E-state index in [2.05, 4.69) is 30.4 Å². The van der Waals surface area contributed by atoms with Gasteiger partial charge in [-0.05, 0) is 67.5 Å². The maximum atomic E-state index is 13.6. The van der Waals surface area contributed by atoms with Crippen LogP contribution in [0.2, 0.25) is 0 Å².